The number of phenols is 1. The van der Waals surface area contributed by atoms with Crippen molar-refractivity contribution in [1.82, 2.24) is 0 Å². The number of aromatic hydroxyl groups is 1. The summed E-state index contributed by atoms with van der Waals surface area (Å²) in [6.45, 7) is -0.414. The highest BCUT2D eigenvalue weighted by atomic mass is 16.5. The van der Waals surface area contributed by atoms with Crippen molar-refractivity contribution in [1.29, 1.82) is 0 Å². The van der Waals surface area contributed by atoms with Gasteiger partial charge in [0.25, 0.3) is 0 Å². The third-order valence-corrected chi connectivity index (χ3v) is 3.15. The van der Waals surface area contributed by atoms with Gasteiger partial charge in [-0.05, 0) is 36.4 Å². The zero-order chi connectivity index (χ0) is 16.8. The SMILES string of the molecule is COc1ccc(C(=O)COC(=O)c2ccc(O)cc2)c(OC)c1. The molecule has 2 aromatic rings. The average Bonchev–Trinajstić information content (AvgIpc) is 2.59. The largest absolute Gasteiger partial charge is 0.508 e. The van der Waals surface area contributed by atoms with Crippen LogP contribution in [0.3, 0.4) is 0 Å². The highest BCUT2D eigenvalue weighted by Gasteiger charge is 2.16. The first-order valence-corrected chi connectivity index (χ1v) is 6.76. The third-order valence-electron chi connectivity index (χ3n) is 3.15. The molecule has 0 saturated carbocycles. The molecule has 0 spiro atoms. The van der Waals surface area contributed by atoms with Crippen LogP contribution in [0.15, 0.2) is 42.5 Å². The van der Waals surface area contributed by atoms with E-state index in [-0.39, 0.29) is 11.3 Å². The van der Waals surface area contributed by atoms with Crippen molar-refractivity contribution in [3.8, 4) is 17.2 Å². The predicted molar refractivity (Wildman–Crippen MR) is 82.3 cm³/mol. The number of hydrogen-bond donors (Lipinski definition) is 1. The van der Waals surface area contributed by atoms with Crippen LogP contribution in [0.2, 0.25) is 0 Å². The maximum absolute atomic E-state index is 12.2. The molecular weight excluding hydrogens is 300 g/mol. The van der Waals surface area contributed by atoms with Gasteiger partial charge in [0, 0.05) is 6.07 Å². The highest BCUT2D eigenvalue weighted by molar-refractivity contribution is 6.01. The van der Waals surface area contributed by atoms with Crippen molar-refractivity contribution < 1.29 is 28.9 Å². The van der Waals surface area contributed by atoms with Gasteiger partial charge in [0.1, 0.15) is 17.2 Å². The summed E-state index contributed by atoms with van der Waals surface area (Å²) < 4.78 is 15.2. The topological polar surface area (TPSA) is 82.1 Å². The first-order chi connectivity index (χ1) is 11.0. The molecule has 0 amide bonds. The lowest BCUT2D eigenvalue weighted by atomic mass is 10.1. The van der Waals surface area contributed by atoms with Crippen LogP contribution in [-0.2, 0) is 4.74 Å². The minimum Gasteiger partial charge on any atom is -0.508 e. The molecule has 120 valence electrons. The molecule has 2 aromatic carbocycles. The molecule has 0 atom stereocenters. The lowest BCUT2D eigenvalue weighted by molar-refractivity contribution is 0.0474. The Kier molecular flexibility index (Phi) is 5.19. The van der Waals surface area contributed by atoms with Gasteiger partial charge in [-0.3, -0.25) is 4.79 Å². The van der Waals surface area contributed by atoms with Gasteiger partial charge in [-0.1, -0.05) is 0 Å². The minimum absolute atomic E-state index is 0.0422. The Bertz CT molecular complexity index is 706. The average molecular weight is 316 g/mol. The second kappa shape index (κ2) is 7.31. The molecule has 0 bridgehead atoms. The van der Waals surface area contributed by atoms with Crippen LogP contribution < -0.4 is 9.47 Å². The van der Waals surface area contributed by atoms with Gasteiger partial charge in [0.05, 0.1) is 25.3 Å². The maximum Gasteiger partial charge on any atom is 0.338 e. The molecule has 1 N–H and O–H groups in total. The number of esters is 1. The van der Waals surface area contributed by atoms with Crippen LogP contribution >= 0.6 is 0 Å². The standard InChI is InChI=1S/C17H16O6/c1-21-13-7-8-14(16(9-13)22-2)15(19)10-23-17(20)11-3-5-12(18)6-4-11/h3-9,18H,10H2,1-2H3. The van der Waals surface area contributed by atoms with Gasteiger partial charge in [-0.25, -0.2) is 4.79 Å². The van der Waals surface area contributed by atoms with Gasteiger partial charge in [-0.15, -0.1) is 0 Å². The molecule has 6 heteroatoms. The van der Waals surface area contributed by atoms with E-state index in [1.54, 1.807) is 18.2 Å². The number of phenolic OH excluding ortho intramolecular Hbond substituents is 1. The molecule has 0 aliphatic rings. The van der Waals surface area contributed by atoms with E-state index >= 15 is 0 Å². The summed E-state index contributed by atoms with van der Waals surface area (Å²) in [5.41, 5.74) is 0.545. The first-order valence-electron chi connectivity index (χ1n) is 6.76. The smallest absolute Gasteiger partial charge is 0.338 e. The maximum atomic E-state index is 12.2. The Morgan fingerprint density at radius 2 is 1.70 bits per heavy atom. The van der Waals surface area contributed by atoms with Crippen molar-refractivity contribution >= 4 is 11.8 Å². The monoisotopic (exact) mass is 316 g/mol. The molecule has 0 aromatic heterocycles. The summed E-state index contributed by atoms with van der Waals surface area (Å²) in [6.07, 6.45) is 0. The molecular formula is C17H16O6. The highest BCUT2D eigenvalue weighted by Crippen LogP contribution is 2.25. The number of ketones is 1. The fourth-order valence-electron chi connectivity index (χ4n) is 1.92. The van der Waals surface area contributed by atoms with Crippen LogP contribution in [0.5, 0.6) is 17.2 Å². The normalized spacial score (nSPS) is 10.0. The summed E-state index contributed by atoms with van der Waals surface area (Å²) in [5.74, 6) is -0.0995. The van der Waals surface area contributed by atoms with E-state index in [9.17, 15) is 14.7 Å². The van der Waals surface area contributed by atoms with Crippen LogP contribution in [0, 0.1) is 0 Å². The first kappa shape index (κ1) is 16.4. The van der Waals surface area contributed by atoms with E-state index < -0.39 is 18.4 Å². The lowest BCUT2D eigenvalue weighted by Gasteiger charge is -2.10. The van der Waals surface area contributed by atoms with Crippen LogP contribution in [0.4, 0.5) is 0 Å². The van der Waals surface area contributed by atoms with E-state index in [2.05, 4.69) is 0 Å². The summed E-state index contributed by atoms with van der Waals surface area (Å²) in [7, 11) is 2.95. The predicted octanol–water partition coefficient (Wildman–Crippen LogP) is 2.45. The van der Waals surface area contributed by atoms with E-state index in [0.29, 0.717) is 17.1 Å². The molecule has 0 aliphatic heterocycles. The second-order valence-electron chi connectivity index (χ2n) is 4.61. The van der Waals surface area contributed by atoms with Gasteiger partial charge in [0.2, 0.25) is 5.78 Å². The molecule has 2 rings (SSSR count). The molecule has 23 heavy (non-hydrogen) atoms. The van der Waals surface area contributed by atoms with Crippen LogP contribution in [0.25, 0.3) is 0 Å². The number of carbonyl (C=O) groups excluding carboxylic acids is 2. The number of carbonyl (C=O) groups is 2. The van der Waals surface area contributed by atoms with Crippen molar-refractivity contribution in [2.75, 3.05) is 20.8 Å². The number of ether oxygens (including phenoxy) is 3. The minimum atomic E-state index is -0.647. The summed E-state index contributed by atoms with van der Waals surface area (Å²) in [6, 6.07) is 10.3. The Morgan fingerprint density at radius 3 is 2.30 bits per heavy atom. The van der Waals surface area contributed by atoms with Gasteiger partial charge < -0.3 is 19.3 Å². The Morgan fingerprint density at radius 1 is 1.00 bits per heavy atom. The molecule has 0 unspecified atom stereocenters. The third kappa shape index (κ3) is 4.00. The van der Waals surface area contributed by atoms with E-state index in [4.69, 9.17) is 14.2 Å². The number of rotatable bonds is 6. The van der Waals surface area contributed by atoms with Gasteiger partial charge >= 0.3 is 5.97 Å². The molecule has 6 nitrogen and oxygen atoms in total. The van der Waals surface area contributed by atoms with Crippen molar-refractivity contribution in [3.63, 3.8) is 0 Å². The second-order valence-corrected chi connectivity index (χ2v) is 4.61. The zero-order valence-electron chi connectivity index (χ0n) is 12.7. The number of hydrogen-bond acceptors (Lipinski definition) is 6. The van der Waals surface area contributed by atoms with E-state index in [1.165, 1.54) is 38.5 Å². The van der Waals surface area contributed by atoms with Crippen LogP contribution in [0.1, 0.15) is 20.7 Å². The molecule has 0 heterocycles. The number of Topliss-reactive ketones (excluding diaryl/α,β-unsaturated/α-hetero) is 1. The zero-order valence-corrected chi connectivity index (χ0v) is 12.7. The quantitative estimate of drug-likeness (QED) is 0.651. The van der Waals surface area contributed by atoms with Crippen molar-refractivity contribution in [3.05, 3.63) is 53.6 Å². The summed E-state index contributed by atoms with van der Waals surface area (Å²) in [5, 5.41) is 9.18. The Balaban J connectivity index is 2.04. The van der Waals surface area contributed by atoms with Gasteiger partial charge in [-0.2, -0.15) is 0 Å². The van der Waals surface area contributed by atoms with Gasteiger partial charge in [0.15, 0.2) is 6.61 Å². The molecule has 0 radical (unpaired) electrons. The molecule has 0 fully saturated rings. The molecule has 0 aliphatic carbocycles. The summed E-state index contributed by atoms with van der Waals surface area (Å²) in [4.78, 5) is 24.0. The lowest BCUT2D eigenvalue weighted by Crippen LogP contribution is -2.15. The van der Waals surface area contributed by atoms with E-state index in [1.807, 2.05) is 0 Å². The van der Waals surface area contributed by atoms with Crippen molar-refractivity contribution in [2.24, 2.45) is 0 Å². The van der Waals surface area contributed by atoms with E-state index in [0.717, 1.165) is 0 Å². The summed E-state index contributed by atoms with van der Waals surface area (Å²) >= 11 is 0. The van der Waals surface area contributed by atoms with Crippen molar-refractivity contribution in [2.45, 2.75) is 0 Å². The Labute approximate surface area is 133 Å². The Hall–Kier alpha value is -3.02. The fraction of sp³-hybridized carbons (Fsp3) is 0.176. The fourth-order valence-corrected chi connectivity index (χ4v) is 1.92. The van der Waals surface area contributed by atoms with Crippen LogP contribution in [-0.4, -0.2) is 37.7 Å². The number of benzene rings is 2. The molecule has 0 saturated heterocycles. The number of methoxy groups -OCH3 is 2.